The van der Waals surface area contributed by atoms with Crippen molar-refractivity contribution in [1.29, 1.82) is 0 Å². The summed E-state index contributed by atoms with van der Waals surface area (Å²) in [6.45, 7) is 7.29. The van der Waals surface area contributed by atoms with E-state index in [9.17, 15) is 33.6 Å². The lowest BCUT2D eigenvalue weighted by molar-refractivity contribution is -0.171. The van der Waals surface area contributed by atoms with E-state index in [1.807, 2.05) is 19.0 Å². The minimum Gasteiger partial charge on any atom is -0.466 e. The molecule has 0 aromatic rings. The first-order valence-corrected chi connectivity index (χ1v) is 28.1. The van der Waals surface area contributed by atoms with Crippen molar-refractivity contribution in [3.8, 4) is 0 Å². The summed E-state index contributed by atoms with van der Waals surface area (Å²) >= 11 is 0. The summed E-state index contributed by atoms with van der Waals surface area (Å²) in [5, 5.41) is 0. The third-order valence-electron chi connectivity index (χ3n) is 12.2. The van der Waals surface area contributed by atoms with E-state index in [0.29, 0.717) is 71.3 Å². The predicted octanol–water partition coefficient (Wildman–Crippen LogP) is 12.0. The summed E-state index contributed by atoms with van der Waals surface area (Å²) < 4.78 is 39.0. The lowest BCUT2D eigenvalue weighted by Gasteiger charge is -2.31. The zero-order valence-corrected chi connectivity index (χ0v) is 45.6. The van der Waals surface area contributed by atoms with E-state index in [0.717, 1.165) is 154 Å². The number of hydrogen-bond acceptors (Lipinski definition) is 15. The Morgan fingerprint density at radius 2 is 0.493 bits per heavy atom. The highest BCUT2D eigenvalue weighted by Crippen LogP contribution is 2.24. The van der Waals surface area contributed by atoms with Crippen LogP contribution in [0.3, 0.4) is 0 Å². The van der Waals surface area contributed by atoms with Gasteiger partial charge in [-0.2, -0.15) is 0 Å². The molecule has 0 fully saturated rings. The van der Waals surface area contributed by atoms with Crippen LogP contribution in [0, 0.1) is 5.41 Å². The van der Waals surface area contributed by atoms with Crippen LogP contribution in [0.2, 0.25) is 0 Å². The Hall–Kier alpha value is -3.75. The summed E-state index contributed by atoms with van der Waals surface area (Å²) in [6.07, 6.45) is 26.2. The zero-order valence-electron chi connectivity index (χ0n) is 45.6. The molecule has 0 saturated heterocycles. The predicted molar refractivity (Wildman–Crippen MR) is 276 cm³/mol. The van der Waals surface area contributed by atoms with Crippen LogP contribution in [0.25, 0.3) is 0 Å². The van der Waals surface area contributed by atoms with Gasteiger partial charge in [-0.05, 0) is 84.8 Å². The standard InChI is InChI=1S/C56H101NO14/c1-6-9-12-30-42-65-49(58)34-24-18-15-21-27-37-52(61)68-45-56(48-71-55(64)40-33-41-57(4)5,46-69-53(62)38-28-22-16-19-25-35-50(59)66-43-31-13-10-7-2)47-70-54(63)39-29-23-17-20-26-36-51(60)67-44-32-14-11-8-3/h6-48H2,1-5H3. The number of carbonyl (C=O) groups is 7. The van der Waals surface area contributed by atoms with Crippen molar-refractivity contribution in [2.24, 2.45) is 5.41 Å². The molecule has 0 saturated carbocycles. The molecule has 414 valence electrons. The maximum absolute atomic E-state index is 13.1. The van der Waals surface area contributed by atoms with Gasteiger partial charge in [0, 0.05) is 44.9 Å². The smallest absolute Gasteiger partial charge is 0.305 e. The van der Waals surface area contributed by atoms with Gasteiger partial charge in [0.25, 0.3) is 0 Å². The summed E-state index contributed by atoms with van der Waals surface area (Å²) in [5.74, 6) is -2.41. The molecule has 0 amide bonds. The molecule has 0 rings (SSSR count). The van der Waals surface area contributed by atoms with Crippen LogP contribution >= 0.6 is 0 Å². The number of rotatable bonds is 51. The topological polar surface area (TPSA) is 187 Å². The molecular weight excluding hydrogens is 911 g/mol. The molecule has 71 heavy (non-hydrogen) atoms. The van der Waals surface area contributed by atoms with Gasteiger partial charge >= 0.3 is 41.8 Å². The Morgan fingerprint density at radius 3 is 0.732 bits per heavy atom. The minimum atomic E-state index is -1.35. The van der Waals surface area contributed by atoms with Crippen molar-refractivity contribution in [3.05, 3.63) is 0 Å². The Bertz CT molecular complexity index is 1240. The third-order valence-corrected chi connectivity index (χ3v) is 12.2. The molecule has 0 unspecified atom stereocenters. The van der Waals surface area contributed by atoms with E-state index >= 15 is 0 Å². The van der Waals surface area contributed by atoms with Crippen LogP contribution < -0.4 is 0 Å². The average Bonchev–Trinajstić information content (AvgIpc) is 3.34. The summed E-state index contributed by atoms with van der Waals surface area (Å²) in [5.41, 5.74) is -1.35. The monoisotopic (exact) mass is 1010 g/mol. The Balaban J connectivity index is 5.40. The number of carbonyl (C=O) groups excluding carboxylic acids is 7. The van der Waals surface area contributed by atoms with Crippen molar-refractivity contribution < 1.29 is 66.7 Å². The van der Waals surface area contributed by atoms with Gasteiger partial charge in [-0.1, -0.05) is 136 Å². The van der Waals surface area contributed by atoms with E-state index in [4.69, 9.17) is 33.2 Å². The van der Waals surface area contributed by atoms with Gasteiger partial charge in [0.1, 0.15) is 31.8 Å². The molecule has 0 aromatic carbocycles. The van der Waals surface area contributed by atoms with Crippen molar-refractivity contribution in [2.75, 3.05) is 66.9 Å². The van der Waals surface area contributed by atoms with E-state index in [2.05, 4.69) is 20.8 Å². The van der Waals surface area contributed by atoms with Gasteiger partial charge in [-0.25, -0.2) is 0 Å². The van der Waals surface area contributed by atoms with E-state index < -0.39 is 29.3 Å². The molecule has 0 atom stereocenters. The fourth-order valence-corrected chi connectivity index (χ4v) is 7.58. The second-order valence-corrected chi connectivity index (χ2v) is 19.7. The van der Waals surface area contributed by atoms with Gasteiger partial charge in [0.2, 0.25) is 0 Å². The first-order chi connectivity index (χ1) is 34.4. The van der Waals surface area contributed by atoms with Crippen LogP contribution in [0.5, 0.6) is 0 Å². The highest BCUT2D eigenvalue weighted by Gasteiger charge is 2.38. The third kappa shape index (κ3) is 45.8. The number of ether oxygens (including phenoxy) is 7. The first kappa shape index (κ1) is 67.2. The van der Waals surface area contributed by atoms with E-state index in [1.165, 1.54) is 0 Å². The minimum absolute atomic E-state index is 0.139. The van der Waals surface area contributed by atoms with Gasteiger partial charge < -0.3 is 38.1 Å². The largest absolute Gasteiger partial charge is 0.466 e. The SMILES string of the molecule is CCCCCCOC(=O)CCCCCCCC(=O)OCC(COC(=O)CCCCCCCC(=O)OCCCCCC)(COC(=O)CCCCCCCC(=O)OCCCCCC)COC(=O)CCCN(C)C. The lowest BCUT2D eigenvalue weighted by Crippen LogP contribution is -2.44. The summed E-state index contributed by atoms with van der Waals surface area (Å²) in [6, 6.07) is 0. The summed E-state index contributed by atoms with van der Waals surface area (Å²) in [4.78, 5) is 90.4. The van der Waals surface area contributed by atoms with Crippen molar-refractivity contribution in [3.63, 3.8) is 0 Å². The van der Waals surface area contributed by atoms with Gasteiger partial charge in [0.05, 0.1) is 19.8 Å². The van der Waals surface area contributed by atoms with Crippen molar-refractivity contribution >= 4 is 41.8 Å². The van der Waals surface area contributed by atoms with Crippen LogP contribution in [0.15, 0.2) is 0 Å². The quantitative estimate of drug-likeness (QED) is 0.0318. The Labute approximate surface area is 429 Å². The van der Waals surface area contributed by atoms with Crippen molar-refractivity contribution in [2.45, 2.75) is 245 Å². The fraction of sp³-hybridized carbons (Fsp3) is 0.875. The molecular formula is C56H101NO14. The normalized spacial score (nSPS) is 11.3. The lowest BCUT2D eigenvalue weighted by atomic mass is 9.92. The number of esters is 7. The van der Waals surface area contributed by atoms with E-state index in [-0.39, 0.29) is 70.0 Å². The molecule has 15 nitrogen and oxygen atoms in total. The van der Waals surface area contributed by atoms with Crippen LogP contribution in [0.1, 0.15) is 245 Å². The number of hydrogen-bond donors (Lipinski definition) is 0. The van der Waals surface area contributed by atoms with Crippen LogP contribution in [-0.4, -0.2) is 114 Å². The molecule has 0 aromatic heterocycles. The molecule has 0 aliphatic heterocycles. The highest BCUT2D eigenvalue weighted by atomic mass is 16.6. The summed E-state index contributed by atoms with van der Waals surface area (Å²) in [7, 11) is 3.82. The average molecular weight is 1010 g/mol. The molecule has 0 aliphatic rings. The second-order valence-electron chi connectivity index (χ2n) is 19.7. The molecule has 0 bridgehead atoms. The molecule has 0 radical (unpaired) electrons. The molecule has 0 heterocycles. The number of nitrogens with zero attached hydrogens (tertiary/aromatic N) is 1. The maximum atomic E-state index is 13.1. The molecule has 0 aliphatic carbocycles. The molecule has 0 spiro atoms. The van der Waals surface area contributed by atoms with Gasteiger partial charge in [-0.15, -0.1) is 0 Å². The van der Waals surface area contributed by atoms with Crippen LogP contribution in [-0.2, 0) is 66.7 Å². The van der Waals surface area contributed by atoms with Crippen LogP contribution in [0.4, 0.5) is 0 Å². The van der Waals surface area contributed by atoms with Crippen molar-refractivity contribution in [1.82, 2.24) is 4.90 Å². The van der Waals surface area contributed by atoms with Gasteiger partial charge in [-0.3, -0.25) is 33.6 Å². The van der Waals surface area contributed by atoms with Gasteiger partial charge in [0.15, 0.2) is 0 Å². The van der Waals surface area contributed by atoms with E-state index in [1.54, 1.807) is 0 Å². The molecule has 0 N–H and O–H groups in total. The first-order valence-electron chi connectivity index (χ1n) is 28.1. The Morgan fingerprint density at radius 1 is 0.282 bits per heavy atom. The molecule has 15 heteroatoms. The highest BCUT2D eigenvalue weighted by molar-refractivity contribution is 5.72. The second kappa shape index (κ2) is 48.5. The fourth-order valence-electron chi connectivity index (χ4n) is 7.58. The Kier molecular flexibility index (Phi) is 46.0. The zero-order chi connectivity index (χ0) is 52.5. The maximum Gasteiger partial charge on any atom is 0.305 e. The number of unbranched alkanes of at least 4 members (excludes halogenated alkanes) is 21.